The third-order valence-corrected chi connectivity index (χ3v) is 2.60. The molecule has 5 nitrogen and oxygen atoms in total. The third-order valence-electron chi connectivity index (χ3n) is 2.60. The summed E-state index contributed by atoms with van der Waals surface area (Å²) in [6.45, 7) is 0.491. The van der Waals surface area contributed by atoms with Gasteiger partial charge in [-0.3, -0.25) is 13.9 Å². The maximum Gasteiger partial charge on any atom is 0.328 e. The van der Waals surface area contributed by atoms with Crippen molar-refractivity contribution >= 4 is 5.97 Å². The molecule has 1 aliphatic carbocycles. The van der Waals surface area contributed by atoms with Crippen molar-refractivity contribution in [1.82, 2.24) is 9.13 Å². The molecule has 0 atom stereocenters. The summed E-state index contributed by atoms with van der Waals surface area (Å²) in [6, 6.07) is 0.387. The third kappa shape index (κ3) is 2.29. The van der Waals surface area contributed by atoms with Crippen molar-refractivity contribution in [1.29, 1.82) is 0 Å². The van der Waals surface area contributed by atoms with Crippen molar-refractivity contribution in [3.63, 3.8) is 0 Å². The number of hydrogen-bond donors (Lipinski definition) is 1. The van der Waals surface area contributed by atoms with Crippen LogP contribution < -0.4 is 5.69 Å². The number of hydrogen-bond acceptors (Lipinski definition) is 2. The SMILES string of the molecule is O=C(O)CCCn1ccn(C2CC2)c1=O. The highest BCUT2D eigenvalue weighted by molar-refractivity contribution is 5.66. The second-order valence-electron chi connectivity index (χ2n) is 3.91. The fourth-order valence-corrected chi connectivity index (χ4v) is 1.63. The van der Waals surface area contributed by atoms with Crippen LogP contribution >= 0.6 is 0 Å². The number of nitrogens with zero attached hydrogens (tertiary/aromatic N) is 2. The summed E-state index contributed by atoms with van der Waals surface area (Å²) in [4.78, 5) is 22.0. The van der Waals surface area contributed by atoms with E-state index in [9.17, 15) is 9.59 Å². The van der Waals surface area contributed by atoms with Gasteiger partial charge in [-0.05, 0) is 19.3 Å². The molecule has 1 heterocycles. The number of imidazole rings is 1. The molecule has 1 fully saturated rings. The van der Waals surface area contributed by atoms with Gasteiger partial charge in [0.15, 0.2) is 0 Å². The highest BCUT2D eigenvalue weighted by atomic mass is 16.4. The Bertz CT molecular complexity index is 415. The first-order chi connectivity index (χ1) is 7.18. The Morgan fingerprint density at radius 2 is 2.20 bits per heavy atom. The zero-order valence-corrected chi connectivity index (χ0v) is 8.43. The molecule has 5 heteroatoms. The van der Waals surface area contributed by atoms with Crippen molar-refractivity contribution in [3.8, 4) is 0 Å². The normalized spacial score (nSPS) is 15.5. The van der Waals surface area contributed by atoms with Gasteiger partial charge in [0.2, 0.25) is 0 Å². The molecular formula is C10H14N2O3. The van der Waals surface area contributed by atoms with E-state index in [2.05, 4.69) is 0 Å². The smallest absolute Gasteiger partial charge is 0.328 e. The van der Waals surface area contributed by atoms with Gasteiger partial charge in [0.05, 0.1) is 0 Å². The Hall–Kier alpha value is -1.52. The molecule has 1 N–H and O–H groups in total. The van der Waals surface area contributed by atoms with E-state index in [1.807, 2.05) is 0 Å². The number of carboxylic acid groups (broad SMARTS) is 1. The maximum absolute atomic E-state index is 11.7. The maximum atomic E-state index is 11.7. The highest BCUT2D eigenvalue weighted by Gasteiger charge is 2.25. The predicted octanol–water partition coefficient (Wildman–Crippen LogP) is 0.850. The molecule has 1 aliphatic rings. The summed E-state index contributed by atoms with van der Waals surface area (Å²) in [6.07, 6.45) is 6.31. The molecule has 0 spiro atoms. The lowest BCUT2D eigenvalue weighted by Crippen LogP contribution is -2.23. The largest absolute Gasteiger partial charge is 0.481 e. The molecule has 0 unspecified atom stereocenters. The van der Waals surface area contributed by atoms with Crippen LogP contribution in [0.4, 0.5) is 0 Å². The van der Waals surface area contributed by atoms with Gasteiger partial charge in [0, 0.05) is 31.4 Å². The number of carboxylic acids is 1. The molecule has 0 saturated heterocycles. The second kappa shape index (κ2) is 3.92. The quantitative estimate of drug-likeness (QED) is 0.783. The molecule has 82 valence electrons. The number of aromatic nitrogens is 2. The van der Waals surface area contributed by atoms with Crippen LogP contribution in [-0.4, -0.2) is 20.2 Å². The number of rotatable bonds is 5. The fourth-order valence-electron chi connectivity index (χ4n) is 1.63. The molecule has 15 heavy (non-hydrogen) atoms. The highest BCUT2D eigenvalue weighted by Crippen LogP contribution is 2.33. The minimum atomic E-state index is -0.815. The Labute approximate surface area is 86.9 Å². The summed E-state index contributed by atoms with van der Waals surface area (Å²) >= 11 is 0. The average molecular weight is 210 g/mol. The summed E-state index contributed by atoms with van der Waals surface area (Å²) in [7, 11) is 0. The molecule has 0 aromatic carbocycles. The van der Waals surface area contributed by atoms with Crippen molar-refractivity contribution in [2.45, 2.75) is 38.3 Å². The van der Waals surface area contributed by atoms with E-state index in [0.717, 1.165) is 12.8 Å². The van der Waals surface area contributed by atoms with E-state index in [0.29, 0.717) is 19.0 Å². The lowest BCUT2D eigenvalue weighted by Gasteiger charge is -1.99. The van der Waals surface area contributed by atoms with Crippen molar-refractivity contribution < 1.29 is 9.90 Å². The molecule has 0 aliphatic heterocycles. The minimum Gasteiger partial charge on any atom is -0.481 e. The molecule has 1 aromatic heterocycles. The van der Waals surface area contributed by atoms with Crippen LogP contribution in [0.1, 0.15) is 31.7 Å². The van der Waals surface area contributed by atoms with Crippen LogP contribution in [0.5, 0.6) is 0 Å². The van der Waals surface area contributed by atoms with Gasteiger partial charge in [0.25, 0.3) is 0 Å². The molecular weight excluding hydrogens is 196 g/mol. The Morgan fingerprint density at radius 3 is 2.80 bits per heavy atom. The Kier molecular flexibility index (Phi) is 2.62. The van der Waals surface area contributed by atoms with Crippen LogP contribution in [0, 0.1) is 0 Å². The van der Waals surface area contributed by atoms with E-state index < -0.39 is 5.97 Å². The van der Waals surface area contributed by atoms with Crippen molar-refractivity contribution in [3.05, 3.63) is 22.9 Å². The number of carbonyl (C=O) groups is 1. The molecule has 0 amide bonds. The Balaban J connectivity index is 1.96. The van der Waals surface area contributed by atoms with Gasteiger partial charge in [-0.15, -0.1) is 0 Å². The monoisotopic (exact) mass is 210 g/mol. The molecule has 0 bridgehead atoms. The molecule has 0 radical (unpaired) electrons. The van der Waals surface area contributed by atoms with Gasteiger partial charge >= 0.3 is 11.7 Å². The number of aryl methyl sites for hydroxylation is 1. The predicted molar refractivity (Wildman–Crippen MR) is 53.8 cm³/mol. The van der Waals surface area contributed by atoms with E-state index >= 15 is 0 Å². The summed E-state index contributed by atoms with van der Waals surface area (Å²) in [5.41, 5.74) is -0.0112. The van der Waals surface area contributed by atoms with Gasteiger partial charge in [-0.1, -0.05) is 0 Å². The van der Waals surface area contributed by atoms with Crippen LogP contribution in [0.25, 0.3) is 0 Å². The van der Waals surface area contributed by atoms with Crippen LogP contribution in [-0.2, 0) is 11.3 Å². The van der Waals surface area contributed by atoms with Crippen molar-refractivity contribution in [2.75, 3.05) is 0 Å². The van der Waals surface area contributed by atoms with Crippen LogP contribution in [0.2, 0.25) is 0 Å². The molecule has 1 aromatic rings. The first kappa shape index (κ1) is 10.0. The Morgan fingerprint density at radius 1 is 1.47 bits per heavy atom. The molecule has 1 saturated carbocycles. The van der Waals surface area contributed by atoms with Crippen LogP contribution in [0.3, 0.4) is 0 Å². The summed E-state index contributed by atoms with van der Waals surface area (Å²) < 4.78 is 3.32. The van der Waals surface area contributed by atoms with Gasteiger partial charge in [-0.2, -0.15) is 0 Å². The standard InChI is InChI=1S/C10H14N2O3/c13-9(14)2-1-5-11-6-7-12(10(11)15)8-3-4-8/h6-8H,1-5H2,(H,13,14). The first-order valence-corrected chi connectivity index (χ1v) is 5.17. The average Bonchev–Trinajstić information content (AvgIpc) is 2.94. The van der Waals surface area contributed by atoms with E-state index in [4.69, 9.17) is 5.11 Å². The second-order valence-corrected chi connectivity index (χ2v) is 3.91. The topological polar surface area (TPSA) is 64.2 Å². The zero-order chi connectivity index (χ0) is 10.8. The van der Waals surface area contributed by atoms with Gasteiger partial charge < -0.3 is 5.11 Å². The zero-order valence-electron chi connectivity index (χ0n) is 8.43. The lowest BCUT2D eigenvalue weighted by atomic mass is 10.3. The number of aliphatic carboxylic acids is 1. The van der Waals surface area contributed by atoms with E-state index in [-0.39, 0.29) is 12.1 Å². The minimum absolute atomic E-state index is 0.0112. The first-order valence-electron chi connectivity index (χ1n) is 5.17. The van der Waals surface area contributed by atoms with Crippen LogP contribution in [0.15, 0.2) is 17.2 Å². The molecule has 2 rings (SSSR count). The van der Waals surface area contributed by atoms with Gasteiger partial charge in [0.1, 0.15) is 0 Å². The van der Waals surface area contributed by atoms with E-state index in [1.165, 1.54) is 0 Å². The van der Waals surface area contributed by atoms with E-state index in [1.54, 1.807) is 21.5 Å². The van der Waals surface area contributed by atoms with Crippen molar-refractivity contribution in [2.24, 2.45) is 0 Å². The van der Waals surface area contributed by atoms with Gasteiger partial charge in [-0.25, -0.2) is 4.79 Å². The fraction of sp³-hybridized carbons (Fsp3) is 0.600. The summed E-state index contributed by atoms with van der Waals surface area (Å²) in [5, 5.41) is 8.47. The summed E-state index contributed by atoms with van der Waals surface area (Å²) in [5.74, 6) is -0.815. The lowest BCUT2D eigenvalue weighted by molar-refractivity contribution is -0.137.